The van der Waals surface area contributed by atoms with Crippen LogP contribution in [0.5, 0.6) is 0 Å². The summed E-state index contributed by atoms with van der Waals surface area (Å²) in [5.41, 5.74) is 1.08. The van der Waals surface area contributed by atoms with Gasteiger partial charge in [0.2, 0.25) is 6.61 Å². The predicted molar refractivity (Wildman–Crippen MR) is 65.8 cm³/mol. The number of hydrogen-bond acceptors (Lipinski definition) is 0. The maximum absolute atomic E-state index is 5.29. The number of rotatable bonds is 4. The molecule has 0 atom stereocenters. The van der Waals surface area contributed by atoms with E-state index in [2.05, 4.69) is 18.1 Å². The minimum atomic E-state index is 0.621. The minimum absolute atomic E-state index is 0.621. The molecule has 0 amide bonds. The lowest BCUT2D eigenvalue weighted by Gasteiger charge is -1.88. The first-order valence-corrected chi connectivity index (χ1v) is 5.86. The number of unbranched alkanes of at least 4 members (excludes halogenated alkanes) is 1. The van der Waals surface area contributed by atoms with Gasteiger partial charge in [-0.15, -0.1) is 0 Å². The lowest BCUT2D eigenvalue weighted by atomic mass is 10.2. The molecule has 2 rings (SSSR count). The summed E-state index contributed by atoms with van der Waals surface area (Å²) >= 11 is 0. The molecule has 82 valence electrons. The molecule has 1 aromatic carbocycles. The fourth-order valence-corrected chi connectivity index (χ4v) is 1.30. The molecule has 0 saturated heterocycles. The van der Waals surface area contributed by atoms with Crippen LogP contribution in [0.15, 0.2) is 30.3 Å². The summed E-state index contributed by atoms with van der Waals surface area (Å²) in [6.07, 6.45) is 7.41. The van der Waals surface area contributed by atoms with E-state index in [1.54, 1.807) is 0 Å². The van der Waals surface area contributed by atoms with Gasteiger partial charge in [0.15, 0.2) is 0 Å². The number of carbonyl (C=O) groups excluding carboxylic acids is 1. The monoisotopic (exact) mass is 212 g/mol. The average Bonchev–Trinajstić information content (AvgIpc) is 3.13. The molecule has 1 fully saturated rings. The summed E-state index contributed by atoms with van der Waals surface area (Å²) in [6, 6.07) is 10.1. The Morgan fingerprint density at radius 2 is 2.06 bits per heavy atom. The molecule has 0 heterocycles. The van der Waals surface area contributed by atoms with E-state index in [4.69, 9.17) is 4.42 Å². The molecule has 1 aromatic rings. The van der Waals surface area contributed by atoms with E-state index in [9.17, 15) is 0 Å². The Morgan fingerprint density at radius 3 is 2.81 bits per heavy atom. The van der Waals surface area contributed by atoms with Crippen LogP contribution in [-0.4, -0.2) is 12.9 Å². The molecule has 0 spiro atoms. The minimum Gasteiger partial charge on any atom is -0.456 e. The van der Waals surface area contributed by atoms with E-state index in [0.717, 1.165) is 25.0 Å². The fourth-order valence-electron chi connectivity index (χ4n) is 1.30. The zero-order valence-electron chi connectivity index (χ0n) is 9.41. The van der Waals surface area contributed by atoms with Gasteiger partial charge in [0, 0.05) is 18.4 Å². The molecule has 0 aliphatic heterocycles. The largest absolute Gasteiger partial charge is 0.456 e. The Kier molecular flexibility index (Phi) is 4.19. The molecule has 1 aliphatic carbocycles. The maximum Gasteiger partial charge on any atom is 0.219 e. The van der Waals surface area contributed by atoms with E-state index in [0.29, 0.717) is 5.92 Å². The van der Waals surface area contributed by atoms with Crippen LogP contribution < -0.4 is 0 Å². The molecular formula is C15H16O. The first kappa shape index (κ1) is 11.0. The van der Waals surface area contributed by atoms with Crippen LogP contribution in [-0.2, 0) is 4.42 Å². The van der Waals surface area contributed by atoms with E-state index in [-0.39, 0.29) is 0 Å². The molecule has 1 saturated carbocycles. The highest BCUT2D eigenvalue weighted by Crippen LogP contribution is 2.25. The van der Waals surface area contributed by atoms with Gasteiger partial charge in [-0.25, -0.2) is 0 Å². The molecule has 16 heavy (non-hydrogen) atoms. The van der Waals surface area contributed by atoms with Crippen molar-refractivity contribution < 1.29 is 4.42 Å². The summed E-state index contributed by atoms with van der Waals surface area (Å²) in [5.74, 6) is 6.90. The van der Waals surface area contributed by atoms with Gasteiger partial charge < -0.3 is 4.42 Å². The van der Waals surface area contributed by atoms with Gasteiger partial charge in [-0.2, -0.15) is 0 Å². The van der Waals surface area contributed by atoms with E-state index < -0.39 is 0 Å². The zero-order chi connectivity index (χ0) is 11.1. The Labute approximate surface area is 97.2 Å². The Morgan fingerprint density at radius 1 is 1.25 bits per heavy atom. The predicted octanol–water partition coefficient (Wildman–Crippen LogP) is 2.87. The van der Waals surface area contributed by atoms with Gasteiger partial charge in [-0.1, -0.05) is 48.8 Å². The molecule has 1 nitrogen and oxygen atoms in total. The van der Waals surface area contributed by atoms with Crippen LogP contribution in [0.25, 0.3) is 0 Å². The second-order valence-electron chi connectivity index (χ2n) is 4.01. The van der Waals surface area contributed by atoms with E-state index in [1.807, 2.05) is 30.3 Å². The first-order chi connectivity index (χ1) is 7.95. The molecule has 1 aliphatic rings. The van der Waals surface area contributed by atoms with Crippen molar-refractivity contribution in [2.24, 2.45) is 5.92 Å². The van der Waals surface area contributed by atoms with Gasteiger partial charge in [0.25, 0.3) is 0 Å². The molecule has 0 bridgehead atoms. The number of benzene rings is 1. The smallest absolute Gasteiger partial charge is 0.219 e. The van der Waals surface area contributed by atoms with Crippen LogP contribution in [0.4, 0.5) is 0 Å². The summed E-state index contributed by atoms with van der Waals surface area (Å²) in [5, 5.41) is 0. The quantitative estimate of drug-likeness (QED) is 0.315. The third kappa shape index (κ3) is 4.31. The Hall–Kier alpha value is -1.55. The van der Waals surface area contributed by atoms with Crippen molar-refractivity contribution in [3.63, 3.8) is 0 Å². The van der Waals surface area contributed by atoms with Crippen molar-refractivity contribution in [2.75, 3.05) is 6.61 Å². The van der Waals surface area contributed by atoms with Crippen molar-refractivity contribution in [1.82, 2.24) is 0 Å². The van der Waals surface area contributed by atoms with Gasteiger partial charge in [-0.05, 0) is 18.4 Å². The number of hydrogen-bond donors (Lipinski definition) is 0. The standard InChI is InChI=1S/C15H16O/c1-3-7-14(8-4-1)9-5-2-6-12-16-13-15-10-11-15/h1,3-4,7-8,15H,2,6,10-12H2. The Balaban J connectivity index is 1.62. The van der Waals surface area contributed by atoms with Gasteiger partial charge >= 0.3 is 0 Å². The summed E-state index contributed by atoms with van der Waals surface area (Å²) in [7, 11) is 0. The first-order valence-electron chi connectivity index (χ1n) is 5.86. The Bertz CT molecular complexity index is 390. The van der Waals surface area contributed by atoms with Crippen molar-refractivity contribution in [3.8, 4) is 11.8 Å². The molecule has 0 radical (unpaired) electrons. The maximum atomic E-state index is 5.29. The van der Waals surface area contributed by atoms with Crippen molar-refractivity contribution >= 4 is 6.29 Å². The van der Waals surface area contributed by atoms with Crippen LogP contribution in [0.1, 0.15) is 31.2 Å². The molecule has 0 N–H and O–H groups in total. The lowest BCUT2D eigenvalue weighted by molar-refractivity contribution is 0.103. The van der Waals surface area contributed by atoms with Crippen LogP contribution in [0.2, 0.25) is 0 Å². The van der Waals surface area contributed by atoms with Crippen molar-refractivity contribution in [2.45, 2.75) is 25.7 Å². The lowest BCUT2D eigenvalue weighted by Crippen LogP contribution is -1.88. The van der Waals surface area contributed by atoms with Crippen LogP contribution in [0.3, 0.4) is 0 Å². The van der Waals surface area contributed by atoms with E-state index >= 15 is 0 Å². The van der Waals surface area contributed by atoms with Crippen molar-refractivity contribution in [3.05, 3.63) is 35.9 Å². The molecular weight excluding hydrogens is 196 g/mol. The van der Waals surface area contributed by atoms with Gasteiger partial charge in [0.1, 0.15) is 0 Å². The van der Waals surface area contributed by atoms with Crippen LogP contribution in [0, 0.1) is 17.8 Å². The second-order valence-corrected chi connectivity index (χ2v) is 4.01. The SMILES string of the molecule is C(#Cc1ccccc1)CCC[O+]=[C-]C1CC1. The second kappa shape index (κ2) is 6.12. The van der Waals surface area contributed by atoms with Gasteiger partial charge in [0.05, 0.1) is 0 Å². The average molecular weight is 212 g/mol. The summed E-state index contributed by atoms with van der Waals surface area (Å²) < 4.78 is 5.29. The fraction of sp³-hybridized carbons (Fsp3) is 0.400. The van der Waals surface area contributed by atoms with Crippen molar-refractivity contribution in [1.29, 1.82) is 0 Å². The highest BCUT2D eigenvalue weighted by atomic mass is 16.4. The molecule has 0 aromatic heterocycles. The van der Waals surface area contributed by atoms with Gasteiger partial charge in [-0.3, -0.25) is 0 Å². The third-order valence-corrected chi connectivity index (χ3v) is 2.38. The third-order valence-electron chi connectivity index (χ3n) is 2.38. The summed E-state index contributed by atoms with van der Waals surface area (Å²) in [6.45, 7) is 0.750. The molecule has 1 heteroatoms. The highest BCUT2D eigenvalue weighted by molar-refractivity contribution is 5.58. The molecule has 0 unspecified atom stereocenters. The van der Waals surface area contributed by atoms with E-state index in [1.165, 1.54) is 12.8 Å². The zero-order valence-corrected chi connectivity index (χ0v) is 9.41. The van der Waals surface area contributed by atoms with Crippen LogP contribution >= 0.6 is 0 Å². The summed E-state index contributed by atoms with van der Waals surface area (Å²) in [4.78, 5) is 0. The normalized spacial score (nSPS) is 14.8. The highest BCUT2D eigenvalue weighted by Gasteiger charge is 2.13. The topological polar surface area (TPSA) is 11.3 Å².